The van der Waals surface area contributed by atoms with Crippen molar-refractivity contribution in [3.63, 3.8) is 0 Å². The average molecular weight is 322 g/mol. The van der Waals surface area contributed by atoms with Gasteiger partial charge in [-0.2, -0.15) is 9.50 Å². The number of nitrogens with zero attached hydrogens (tertiary/aromatic N) is 2. The summed E-state index contributed by atoms with van der Waals surface area (Å²) < 4.78 is 6.65. The van der Waals surface area contributed by atoms with Gasteiger partial charge >= 0.3 is 5.69 Å². The molecule has 0 unspecified atom stereocenters. The highest BCUT2D eigenvalue weighted by atomic mass is 32.1. The highest BCUT2D eigenvalue weighted by molar-refractivity contribution is 7.80. The van der Waals surface area contributed by atoms with E-state index in [1.54, 1.807) is 12.3 Å². The molecule has 0 saturated heterocycles. The van der Waals surface area contributed by atoms with Crippen LogP contribution in [0, 0.1) is 4.77 Å². The van der Waals surface area contributed by atoms with Gasteiger partial charge in [-0.25, -0.2) is 4.79 Å². The number of hydrogen-bond donors (Lipinski definition) is 4. The molecule has 0 saturated carbocycles. The number of hydrogen-bond acceptors (Lipinski definition) is 5. The number of H-pyrrole nitrogens is 2. The summed E-state index contributed by atoms with van der Waals surface area (Å²) in [4.78, 5) is 18.5. The number of thiocarbonyl (C=S) groups is 1. The van der Waals surface area contributed by atoms with E-state index in [2.05, 4.69) is 20.4 Å². The summed E-state index contributed by atoms with van der Waals surface area (Å²) >= 11 is 9.78. The first-order valence-corrected chi connectivity index (χ1v) is 6.69. The molecule has 3 aromatic heterocycles. The van der Waals surface area contributed by atoms with Crippen LogP contribution in [-0.4, -0.2) is 24.7 Å². The Labute approximate surface area is 128 Å². The first-order chi connectivity index (χ1) is 10.0. The third-order valence-electron chi connectivity index (χ3n) is 2.81. The Balaban J connectivity index is 2.24. The number of rotatable bonds is 3. The second-order valence-electron chi connectivity index (χ2n) is 4.22. The van der Waals surface area contributed by atoms with Gasteiger partial charge in [-0.3, -0.25) is 10.1 Å². The average Bonchev–Trinajstić information content (AvgIpc) is 3.00. The molecular formula is C11H10N6O2S2. The Hall–Kier alpha value is -2.46. The minimum atomic E-state index is -0.429. The van der Waals surface area contributed by atoms with E-state index in [0.29, 0.717) is 29.2 Å². The molecule has 0 aliphatic rings. The fourth-order valence-electron chi connectivity index (χ4n) is 2.00. The summed E-state index contributed by atoms with van der Waals surface area (Å²) in [7, 11) is 0. The first kappa shape index (κ1) is 13.5. The maximum Gasteiger partial charge on any atom is 0.348 e. The molecule has 0 aliphatic heterocycles. The Kier molecular flexibility index (Phi) is 3.31. The summed E-state index contributed by atoms with van der Waals surface area (Å²) in [5, 5.41) is 5.70. The fraction of sp³-hybridized carbons (Fsp3) is 0.0909. The van der Waals surface area contributed by atoms with Gasteiger partial charge in [0.15, 0.2) is 10.8 Å². The fourth-order valence-corrected chi connectivity index (χ4v) is 2.27. The zero-order valence-electron chi connectivity index (χ0n) is 10.5. The summed E-state index contributed by atoms with van der Waals surface area (Å²) in [5.74, 6) is 1.17. The van der Waals surface area contributed by atoms with E-state index in [1.165, 1.54) is 4.52 Å². The highest BCUT2D eigenvalue weighted by Gasteiger charge is 2.16. The van der Waals surface area contributed by atoms with Gasteiger partial charge in [-0.05, 0) is 36.6 Å². The minimum absolute atomic E-state index is 0.0675. The quantitative estimate of drug-likeness (QED) is 0.530. The SMILES string of the molecule is NC(=S)Nc1[nH]n2c(=O)[nH]c(=S)nc2c1Cc1ccco1. The third-order valence-corrected chi connectivity index (χ3v) is 3.11. The van der Waals surface area contributed by atoms with Gasteiger partial charge in [-0.1, -0.05) is 0 Å². The van der Waals surface area contributed by atoms with E-state index in [4.69, 9.17) is 34.6 Å². The summed E-state index contributed by atoms with van der Waals surface area (Å²) in [6.45, 7) is 0. The van der Waals surface area contributed by atoms with Crippen molar-refractivity contribution in [2.75, 3.05) is 5.32 Å². The van der Waals surface area contributed by atoms with Crippen molar-refractivity contribution in [2.24, 2.45) is 5.73 Å². The number of fused-ring (bicyclic) bond motifs is 1. The lowest BCUT2D eigenvalue weighted by Gasteiger charge is -2.03. The predicted octanol–water partition coefficient (Wildman–Crippen LogP) is 0.919. The Morgan fingerprint density at radius 2 is 2.38 bits per heavy atom. The zero-order chi connectivity index (χ0) is 15.0. The van der Waals surface area contributed by atoms with E-state index in [-0.39, 0.29) is 9.88 Å². The monoisotopic (exact) mass is 322 g/mol. The van der Waals surface area contributed by atoms with Crippen LogP contribution in [0.5, 0.6) is 0 Å². The second-order valence-corrected chi connectivity index (χ2v) is 5.04. The van der Waals surface area contributed by atoms with Crippen molar-refractivity contribution >= 4 is 41.0 Å². The van der Waals surface area contributed by atoms with Crippen LogP contribution in [0.25, 0.3) is 5.65 Å². The molecule has 3 aromatic rings. The van der Waals surface area contributed by atoms with Gasteiger partial charge < -0.3 is 15.5 Å². The molecule has 3 rings (SSSR count). The van der Waals surface area contributed by atoms with Crippen molar-refractivity contribution in [2.45, 2.75) is 6.42 Å². The van der Waals surface area contributed by atoms with Crippen LogP contribution in [0.4, 0.5) is 5.82 Å². The van der Waals surface area contributed by atoms with Crippen molar-refractivity contribution in [1.82, 2.24) is 19.6 Å². The molecule has 21 heavy (non-hydrogen) atoms. The van der Waals surface area contributed by atoms with E-state index in [1.807, 2.05) is 6.07 Å². The molecule has 0 aliphatic carbocycles. The molecule has 3 heterocycles. The summed E-state index contributed by atoms with van der Waals surface area (Å²) in [6.07, 6.45) is 1.97. The number of furan rings is 1. The van der Waals surface area contributed by atoms with Gasteiger partial charge in [0.05, 0.1) is 6.26 Å². The summed E-state index contributed by atoms with van der Waals surface area (Å²) in [5.41, 5.74) is 6.13. The number of nitrogens with two attached hydrogens (primary N) is 1. The molecule has 8 nitrogen and oxygen atoms in total. The van der Waals surface area contributed by atoms with Crippen LogP contribution < -0.4 is 16.7 Å². The molecule has 0 radical (unpaired) electrons. The molecule has 108 valence electrons. The molecule has 10 heteroatoms. The lowest BCUT2D eigenvalue weighted by atomic mass is 10.2. The van der Waals surface area contributed by atoms with Gasteiger partial charge in [0, 0.05) is 12.0 Å². The lowest BCUT2D eigenvalue weighted by molar-refractivity contribution is 0.521. The predicted molar refractivity (Wildman–Crippen MR) is 82.9 cm³/mol. The largest absolute Gasteiger partial charge is 0.469 e. The highest BCUT2D eigenvalue weighted by Crippen LogP contribution is 2.21. The van der Waals surface area contributed by atoms with Crippen molar-refractivity contribution in [3.05, 3.63) is 45.0 Å². The van der Waals surface area contributed by atoms with E-state index in [9.17, 15) is 4.79 Å². The van der Waals surface area contributed by atoms with Crippen LogP contribution in [0.1, 0.15) is 11.3 Å². The number of anilines is 1. The van der Waals surface area contributed by atoms with Gasteiger partial charge in [0.2, 0.25) is 4.77 Å². The molecule has 0 spiro atoms. The summed E-state index contributed by atoms with van der Waals surface area (Å²) in [6, 6.07) is 3.59. The normalized spacial score (nSPS) is 10.9. The Bertz CT molecular complexity index is 920. The Morgan fingerprint density at radius 1 is 1.57 bits per heavy atom. The maximum absolute atomic E-state index is 11.9. The standard InChI is InChI=1S/C11H10N6O2S2/c12-9(20)13-7-6(4-5-2-1-3-19-5)8-14-10(21)15-11(18)17(8)16-7/h1-3,16H,4H2,(H3,12,13,20)(H,15,18,21). The topological polar surface area (TPSA) is 117 Å². The molecule has 0 atom stereocenters. The third kappa shape index (κ3) is 2.58. The van der Waals surface area contributed by atoms with E-state index < -0.39 is 5.69 Å². The van der Waals surface area contributed by atoms with Gasteiger partial charge in [-0.15, -0.1) is 0 Å². The van der Waals surface area contributed by atoms with Crippen LogP contribution in [0.15, 0.2) is 27.6 Å². The molecule has 5 N–H and O–H groups in total. The van der Waals surface area contributed by atoms with E-state index >= 15 is 0 Å². The Morgan fingerprint density at radius 3 is 3.05 bits per heavy atom. The smallest absolute Gasteiger partial charge is 0.348 e. The van der Waals surface area contributed by atoms with E-state index in [0.717, 1.165) is 0 Å². The second kappa shape index (κ2) is 5.14. The van der Waals surface area contributed by atoms with Crippen molar-refractivity contribution in [3.8, 4) is 0 Å². The molecular weight excluding hydrogens is 312 g/mol. The van der Waals surface area contributed by atoms with Crippen LogP contribution in [0.3, 0.4) is 0 Å². The first-order valence-electron chi connectivity index (χ1n) is 5.87. The van der Waals surface area contributed by atoms with Crippen LogP contribution >= 0.6 is 24.4 Å². The van der Waals surface area contributed by atoms with Crippen molar-refractivity contribution in [1.29, 1.82) is 0 Å². The number of aromatic amines is 2. The van der Waals surface area contributed by atoms with Crippen molar-refractivity contribution < 1.29 is 4.42 Å². The molecule has 0 aromatic carbocycles. The van der Waals surface area contributed by atoms with Gasteiger partial charge in [0.1, 0.15) is 11.6 Å². The zero-order valence-corrected chi connectivity index (χ0v) is 12.2. The minimum Gasteiger partial charge on any atom is -0.469 e. The molecule has 0 bridgehead atoms. The number of nitrogens with one attached hydrogen (secondary N) is 3. The molecule has 0 fully saturated rings. The van der Waals surface area contributed by atoms with Crippen LogP contribution in [0.2, 0.25) is 0 Å². The maximum atomic E-state index is 11.9. The van der Waals surface area contributed by atoms with Gasteiger partial charge in [0.25, 0.3) is 0 Å². The number of aromatic nitrogens is 4. The molecule has 0 amide bonds. The van der Waals surface area contributed by atoms with Crippen LogP contribution in [-0.2, 0) is 6.42 Å². The lowest BCUT2D eigenvalue weighted by Crippen LogP contribution is -2.21.